The number of nitrogens with zero attached hydrogens (tertiary/aromatic N) is 1. The first-order valence-electron chi connectivity index (χ1n) is 4.50. The lowest BCUT2D eigenvalue weighted by Gasteiger charge is -2.09. The predicted octanol–water partition coefficient (Wildman–Crippen LogP) is 3.70. The minimum Gasteiger partial charge on any atom is -0.398 e. The maximum Gasteiger partial charge on any atom is 0.416 e. The van der Waals surface area contributed by atoms with Gasteiger partial charge in [-0.3, -0.25) is 0 Å². The van der Waals surface area contributed by atoms with Gasteiger partial charge in [-0.2, -0.15) is 13.2 Å². The van der Waals surface area contributed by atoms with Gasteiger partial charge in [-0.15, -0.1) is 24.0 Å². The second kappa shape index (κ2) is 4.23. The van der Waals surface area contributed by atoms with Gasteiger partial charge in [0.2, 0.25) is 0 Å². The van der Waals surface area contributed by atoms with Crippen molar-refractivity contribution >= 4 is 29.7 Å². The van der Waals surface area contributed by atoms with Crippen molar-refractivity contribution < 1.29 is 13.2 Å². The molecule has 0 aliphatic heterocycles. The van der Waals surface area contributed by atoms with Gasteiger partial charge in [-0.05, 0) is 18.2 Å². The number of thiazole rings is 1. The maximum absolute atomic E-state index is 12.4. The van der Waals surface area contributed by atoms with Crippen molar-refractivity contribution in [3.05, 3.63) is 30.0 Å². The van der Waals surface area contributed by atoms with Crippen LogP contribution in [0, 0.1) is 0 Å². The van der Waals surface area contributed by atoms with E-state index in [0.29, 0.717) is 14.8 Å². The van der Waals surface area contributed by atoms with Crippen molar-refractivity contribution in [2.45, 2.75) is 10.4 Å². The predicted molar refractivity (Wildman–Crippen MR) is 64.2 cm³/mol. The molecule has 0 saturated carbocycles. The third kappa shape index (κ3) is 2.55. The Morgan fingerprint density at radius 1 is 1.29 bits per heavy atom. The summed E-state index contributed by atoms with van der Waals surface area (Å²) in [5, 5.41) is 0.557. The van der Waals surface area contributed by atoms with Crippen LogP contribution < -0.4 is 5.73 Å². The summed E-state index contributed by atoms with van der Waals surface area (Å²) in [5.41, 5.74) is 5.39. The average Bonchev–Trinajstić information content (AvgIpc) is 2.63. The van der Waals surface area contributed by atoms with Gasteiger partial charge in [0.25, 0.3) is 0 Å². The summed E-state index contributed by atoms with van der Waals surface area (Å²) in [6.07, 6.45) is -2.86. The van der Waals surface area contributed by atoms with Crippen LogP contribution in [0.1, 0.15) is 5.56 Å². The van der Waals surface area contributed by atoms with Crippen LogP contribution in [-0.4, -0.2) is 4.98 Å². The van der Waals surface area contributed by atoms with E-state index in [4.69, 9.17) is 5.73 Å². The van der Waals surface area contributed by atoms with Crippen molar-refractivity contribution in [3.8, 4) is 10.6 Å². The molecule has 0 saturated heterocycles. The van der Waals surface area contributed by atoms with Gasteiger partial charge in [0.15, 0.2) is 0 Å². The highest BCUT2D eigenvalue weighted by molar-refractivity contribution is 7.83. The van der Waals surface area contributed by atoms with E-state index >= 15 is 0 Å². The summed E-state index contributed by atoms with van der Waals surface area (Å²) >= 11 is 5.35. The first kappa shape index (κ1) is 12.3. The zero-order chi connectivity index (χ0) is 12.6. The number of alkyl halides is 3. The number of aromatic nitrogens is 1. The van der Waals surface area contributed by atoms with E-state index in [2.05, 4.69) is 17.6 Å². The van der Waals surface area contributed by atoms with Crippen LogP contribution in [0.4, 0.5) is 18.9 Å². The van der Waals surface area contributed by atoms with Gasteiger partial charge in [-0.1, -0.05) is 0 Å². The molecule has 0 unspecified atom stereocenters. The van der Waals surface area contributed by atoms with Crippen molar-refractivity contribution in [2.24, 2.45) is 0 Å². The number of thiol groups is 1. The smallest absolute Gasteiger partial charge is 0.398 e. The Morgan fingerprint density at radius 2 is 2.00 bits per heavy atom. The van der Waals surface area contributed by atoms with Crippen LogP contribution in [0.15, 0.2) is 28.6 Å². The van der Waals surface area contributed by atoms with E-state index in [1.807, 2.05) is 0 Å². The normalized spacial score (nSPS) is 11.8. The molecular weight excluding hydrogens is 269 g/mol. The minimum atomic E-state index is -4.38. The summed E-state index contributed by atoms with van der Waals surface area (Å²) in [6.45, 7) is 0. The summed E-state index contributed by atoms with van der Waals surface area (Å²) in [5.74, 6) is 0. The number of nitrogen functional groups attached to an aromatic ring is 1. The zero-order valence-electron chi connectivity index (χ0n) is 8.32. The van der Waals surface area contributed by atoms with Gasteiger partial charge in [0.1, 0.15) is 5.01 Å². The van der Waals surface area contributed by atoms with Gasteiger partial charge in [-0.25, -0.2) is 4.98 Å². The number of rotatable bonds is 1. The van der Waals surface area contributed by atoms with Crippen LogP contribution in [0.3, 0.4) is 0 Å². The van der Waals surface area contributed by atoms with Gasteiger partial charge >= 0.3 is 6.18 Å². The maximum atomic E-state index is 12.4. The van der Waals surface area contributed by atoms with Gasteiger partial charge in [0.05, 0.1) is 16.0 Å². The Morgan fingerprint density at radius 3 is 2.47 bits per heavy atom. The van der Waals surface area contributed by atoms with E-state index in [1.54, 1.807) is 0 Å². The highest BCUT2D eigenvalue weighted by Crippen LogP contribution is 2.36. The fourth-order valence-corrected chi connectivity index (χ4v) is 2.35. The lowest BCUT2D eigenvalue weighted by Crippen LogP contribution is -2.05. The fourth-order valence-electron chi connectivity index (χ4n) is 1.32. The molecule has 0 amide bonds. The quantitative estimate of drug-likeness (QED) is 0.615. The Kier molecular flexibility index (Phi) is 3.05. The molecule has 2 aromatic rings. The summed E-state index contributed by atoms with van der Waals surface area (Å²) in [7, 11) is 0. The SMILES string of the molecule is Nc1cc(C(F)(F)F)ccc1-c1ncc(S)s1. The molecule has 0 fully saturated rings. The molecule has 0 atom stereocenters. The molecule has 2 rings (SSSR count). The number of hydrogen-bond acceptors (Lipinski definition) is 4. The van der Waals surface area contributed by atoms with Crippen molar-refractivity contribution in [2.75, 3.05) is 5.73 Å². The number of benzene rings is 1. The number of hydrogen-bond donors (Lipinski definition) is 2. The zero-order valence-corrected chi connectivity index (χ0v) is 10.0. The third-order valence-corrected chi connectivity index (χ3v) is 3.33. The Hall–Kier alpha value is -1.21. The van der Waals surface area contributed by atoms with E-state index in [1.165, 1.54) is 23.6 Å². The van der Waals surface area contributed by atoms with Gasteiger partial charge < -0.3 is 5.73 Å². The number of halogens is 3. The Bertz CT molecular complexity index is 549. The molecule has 2 nitrogen and oxygen atoms in total. The van der Waals surface area contributed by atoms with Crippen LogP contribution in [0.5, 0.6) is 0 Å². The van der Waals surface area contributed by atoms with Crippen LogP contribution in [-0.2, 0) is 6.18 Å². The van der Waals surface area contributed by atoms with E-state index < -0.39 is 11.7 Å². The Labute approximate surface area is 105 Å². The van der Waals surface area contributed by atoms with Crippen molar-refractivity contribution in [1.29, 1.82) is 0 Å². The summed E-state index contributed by atoms with van der Waals surface area (Å²) in [4.78, 5) is 4.02. The van der Waals surface area contributed by atoms with Crippen LogP contribution in [0.2, 0.25) is 0 Å². The van der Waals surface area contributed by atoms with E-state index in [9.17, 15) is 13.2 Å². The molecular formula is C10H7F3N2S2. The van der Waals surface area contributed by atoms with Crippen LogP contribution >= 0.6 is 24.0 Å². The van der Waals surface area contributed by atoms with E-state index in [0.717, 1.165) is 12.1 Å². The van der Waals surface area contributed by atoms with Crippen molar-refractivity contribution in [1.82, 2.24) is 4.98 Å². The fraction of sp³-hybridized carbons (Fsp3) is 0.100. The molecule has 17 heavy (non-hydrogen) atoms. The molecule has 2 N–H and O–H groups in total. The third-order valence-electron chi connectivity index (χ3n) is 2.10. The second-order valence-electron chi connectivity index (χ2n) is 3.30. The number of nitrogens with two attached hydrogens (primary N) is 1. The van der Waals surface area contributed by atoms with Crippen LogP contribution in [0.25, 0.3) is 10.6 Å². The Balaban J connectivity index is 2.45. The lowest BCUT2D eigenvalue weighted by molar-refractivity contribution is -0.137. The molecule has 1 aromatic heterocycles. The minimum absolute atomic E-state index is 0.0579. The molecule has 0 radical (unpaired) electrons. The molecule has 1 aromatic carbocycles. The number of anilines is 1. The first-order valence-corrected chi connectivity index (χ1v) is 5.76. The highest BCUT2D eigenvalue weighted by Gasteiger charge is 2.30. The molecule has 90 valence electrons. The molecule has 0 aliphatic rings. The largest absolute Gasteiger partial charge is 0.416 e. The standard InChI is InChI=1S/C10H7F3N2S2/c11-10(12,13)5-1-2-6(7(14)3-5)9-15-4-8(16)17-9/h1-4,16H,14H2. The average molecular weight is 276 g/mol. The molecule has 0 aliphatic carbocycles. The topological polar surface area (TPSA) is 38.9 Å². The molecule has 0 spiro atoms. The summed E-state index contributed by atoms with van der Waals surface area (Å²) < 4.78 is 38.0. The van der Waals surface area contributed by atoms with Crippen molar-refractivity contribution in [3.63, 3.8) is 0 Å². The van der Waals surface area contributed by atoms with Gasteiger partial charge in [0, 0.05) is 11.3 Å². The first-order chi connectivity index (χ1) is 7.88. The second-order valence-corrected chi connectivity index (χ2v) is 5.12. The molecule has 1 heterocycles. The lowest BCUT2D eigenvalue weighted by atomic mass is 10.1. The summed E-state index contributed by atoms with van der Waals surface area (Å²) in [6, 6.07) is 3.23. The molecule has 7 heteroatoms. The van der Waals surface area contributed by atoms with E-state index in [-0.39, 0.29) is 5.69 Å². The highest BCUT2D eigenvalue weighted by atomic mass is 32.2. The molecule has 0 bridgehead atoms. The monoisotopic (exact) mass is 276 g/mol.